The van der Waals surface area contributed by atoms with Crippen molar-refractivity contribution in [2.45, 2.75) is 52.2 Å². The molecule has 2 atom stereocenters. The second-order valence-electron chi connectivity index (χ2n) is 8.22. The van der Waals surface area contributed by atoms with Crippen molar-refractivity contribution in [2.75, 3.05) is 6.54 Å². The maximum Gasteiger partial charge on any atom is 0.295 e. The van der Waals surface area contributed by atoms with Gasteiger partial charge < -0.3 is 14.7 Å². The third kappa shape index (κ3) is 3.49. The number of likely N-dealkylation sites (tertiary alicyclic amines) is 1. The standard InChI is InChI=1S/C25H27NO4/c1-4-5-11-26-22(17-8-6-7-15(2)12-17)21(24(28)25(26)29)23(27)18-9-10-20-19(14-18)13-16(3)30-20/h6-10,12,14,16,22,27H,4-5,11,13H2,1-3H3/b23-21-. The monoisotopic (exact) mass is 405 g/mol. The molecule has 2 aromatic rings. The van der Waals surface area contributed by atoms with Gasteiger partial charge in [-0.2, -0.15) is 0 Å². The molecule has 2 heterocycles. The molecule has 1 amide bonds. The summed E-state index contributed by atoms with van der Waals surface area (Å²) in [4.78, 5) is 27.5. The minimum atomic E-state index is -0.625. The van der Waals surface area contributed by atoms with Crippen molar-refractivity contribution < 1.29 is 19.4 Å². The number of aliphatic hydroxyl groups excluding tert-OH is 1. The Labute approximate surface area is 177 Å². The molecule has 2 aromatic carbocycles. The highest BCUT2D eigenvalue weighted by Crippen LogP contribution is 2.40. The molecule has 0 spiro atoms. The molecule has 0 radical (unpaired) electrons. The van der Waals surface area contributed by atoms with Crippen molar-refractivity contribution in [3.8, 4) is 5.75 Å². The molecule has 0 aromatic heterocycles. The van der Waals surface area contributed by atoms with Gasteiger partial charge in [-0.1, -0.05) is 43.2 Å². The first-order valence-corrected chi connectivity index (χ1v) is 10.6. The van der Waals surface area contributed by atoms with Gasteiger partial charge in [-0.3, -0.25) is 9.59 Å². The van der Waals surface area contributed by atoms with Gasteiger partial charge >= 0.3 is 0 Å². The molecular formula is C25H27NO4. The Bertz CT molecular complexity index is 1040. The Morgan fingerprint density at radius 3 is 2.73 bits per heavy atom. The van der Waals surface area contributed by atoms with Crippen LogP contribution in [-0.4, -0.2) is 34.3 Å². The van der Waals surface area contributed by atoms with Crippen molar-refractivity contribution in [1.29, 1.82) is 0 Å². The number of hydrogen-bond donors (Lipinski definition) is 1. The van der Waals surface area contributed by atoms with E-state index in [9.17, 15) is 14.7 Å². The molecule has 2 unspecified atom stereocenters. The third-order valence-corrected chi connectivity index (χ3v) is 5.82. The van der Waals surface area contributed by atoms with E-state index in [4.69, 9.17) is 4.74 Å². The van der Waals surface area contributed by atoms with Gasteiger partial charge in [0, 0.05) is 18.5 Å². The average Bonchev–Trinajstić information content (AvgIpc) is 3.22. The number of carbonyl (C=O) groups excluding carboxylic acids is 2. The minimum Gasteiger partial charge on any atom is -0.507 e. The lowest BCUT2D eigenvalue weighted by atomic mass is 9.93. The van der Waals surface area contributed by atoms with Gasteiger partial charge in [0.2, 0.25) is 0 Å². The second kappa shape index (κ2) is 7.98. The summed E-state index contributed by atoms with van der Waals surface area (Å²) in [5, 5.41) is 11.2. The van der Waals surface area contributed by atoms with Crippen molar-refractivity contribution in [3.05, 3.63) is 70.3 Å². The number of unbranched alkanes of at least 4 members (excludes halogenated alkanes) is 1. The summed E-state index contributed by atoms with van der Waals surface area (Å²) in [5.41, 5.74) is 3.58. The number of carbonyl (C=O) groups is 2. The van der Waals surface area contributed by atoms with Crippen LogP contribution < -0.4 is 4.74 Å². The summed E-state index contributed by atoms with van der Waals surface area (Å²) < 4.78 is 5.74. The Kier molecular flexibility index (Phi) is 5.37. The first kappa shape index (κ1) is 20.2. The van der Waals surface area contributed by atoms with Gasteiger partial charge in [-0.05, 0) is 49.6 Å². The molecule has 5 nitrogen and oxygen atoms in total. The molecule has 5 heteroatoms. The fourth-order valence-electron chi connectivity index (χ4n) is 4.35. The van der Waals surface area contributed by atoms with Crippen LogP contribution >= 0.6 is 0 Å². The number of ether oxygens (including phenoxy) is 1. The van der Waals surface area contributed by atoms with Crippen LogP contribution in [0.3, 0.4) is 0 Å². The number of amides is 1. The molecule has 1 fully saturated rings. The summed E-state index contributed by atoms with van der Waals surface area (Å²) in [7, 11) is 0. The zero-order chi connectivity index (χ0) is 21.4. The molecule has 0 aliphatic carbocycles. The lowest BCUT2D eigenvalue weighted by Crippen LogP contribution is -2.30. The smallest absolute Gasteiger partial charge is 0.295 e. The molecule has 2 aliphatic rings. The van der Waals surface area contributed by atoms with E-state index in [2.05, 4.69) is 0 Å². The second-order valence-corrected chi connectivity index (χ2v) is 8.22. The van der Waals surface area contributed by atoms with Crippen LogP contribution in [0.25, 0.3) is 5.76 Å². The zero-order valence-corrected chi connectivity index (χ0v) is 17.6. The number of aliphatic hydroxyl groups is 1. The molecule has 2 aliphatic heterocycles. The number of hydrogen-bond acceptors (Lipinski definition) is 4. The van der Waals surface area contributed by atoms with Gasteiger partial charge in [-0.25, -0.2) is 0 Å². The maximum absolute atomic E-state index is 13.0. The van der Waals surface area contributed by atoms with E-state index in [-0.39, 0.29) is 17.4 Å². The maximum atomic E-state index is 13.0. The van der Waals surface area contributed by atoms with Crippen LogP contribution in [0.2, 0.25) is 0 Å². The summed E-state index contributed by atoms with van der Waals surface area (Å²) >= 11 is 0. The largest absolute Gasteiger partial charge is 0.507 e. The summed E-state index contributed by atoms with van der Waals surface area (Å²) in [6.45, 7) is 6.50. The van der Waals surface area contributed by atoms with Crippen LogP contribution in [0.4, 0.5) is 0 Å². The number of nitrogens with zero attached hydrogens (tertiary/aromatic N) is 1. The molecule has 4 rings (SSSR count). The average molecular weight is 405 g/mol. The van der Waals surface area contributed by atoms with Crippen LogP contribution in [0, 0.1) is 6.92 Å². The molecule has 0 saturated carbocycles. The lowest BCUT2D eigenvalue weighted by molar-refractivity contribution is -0.139. The Hall–Kier alpha value is -3.08. The predicted octanol–water partition coefficient (Wildman–Crippen LogP) is 4.54. The van der Waals surface area contributed by atoms with Gasteiger partial charge in [-0.15, -0.1) is 0 Å². The Balaban J connectivity index is 1.83. The fourth-order valence-corrected chi connectivity index (χ4v) is 4.35. The van der Waals surface area contributed by atoms with E-state index in [0.717, 1.165) is 41.7 Å². The van der Waals surface area contributed by atoms with Crippen molar-refractivity contribution in [3.63, 3.8) is 0 Å². The van der Waals surface area contributed by atoms with Crippen LogP contribution in [0.1, 0.15) is 55.0 Å². The number of Topliss-reactive ketones (excluding diaryl/α,β-unsaturated/α-hetero) is 1. The number of aryl methyl sites for hydroxylation is 1. The van der Waals surface area contributed by atoms with Crippen molar-refractivity contribution in [1.82, 2.24) is 4.90 Å². The lowest BCUT2D eigenvalue weighted by Gasteiger charge is -2.25. The van der Waals surface area contributed by atoms with Crippen LogP contribution in [-0.2, 0) is 16.0 Å². The summed E-state index contributed by atoms with van der Waals surface area (Å²) in [5.74, 6) is -0.492. The van der Waals surface area contributed by atoms with Gasteiger partial charge in [0.25, 0.3) is 11.7 Å². The molecule has 1 saturated heterocycles. The topological polar surface area (TPSA) is 66.8 Å². The highest BCUT2D eigenvalue weighted by molar-refractivity contribution is 6.46. The van der Waals surface area contributed by atoms with Crippen LogP contribution in [0.15, 0.2) is 48.0 Å². The third-order valence-electron chi connectivity index (χ3n) is 5.82. The van der Waals surface area contributed by atoms with Gasteiger partial charge in [0.05, 0.1) is 11.6 Å². The SMILES string of the molecule is CCCCN1C(=O)C(=O)/C(=C(\O)c2ccc3c(c2)CC(C)O3)C1c1cccc(C)c1. The van der Waals surface area contributed by atoms with Gasteiger partial charge in [0.1, 0.15) is 17.6 Å². The molecular weight excluding hydrogens is 378 g/mol. The predicted molar refractivity (Wildman–Crippen MR) is 115 cm³/mol. The molecule has 30 heavy (non-hydrogen) atoms. The molecule has 156 valence electrons. The zero-order valence-electron chi connectivity index (χ0n) is 17.6. The molecule has 1 N–H and O–H groups in total. The Morgan fingerprint density at radius 2 is 2.00 bits per heavy atom. The first-order chi connectivity index (χ1) is 14.4. The number of fused-ring (bicyclic) bond motifs is 1. The van der Waals surface area contributed by atoms with E-state index in [0.29, 0.717) is 12.1 Å². The minimum absolute atomic E-state index is 0.0873. The van der Waals surface area contributed by atoms with E-state index >= 15 is 0 Å². The van der Waals surface area contributed by atoms with E-state index in [1.54, 1.807) is 11.0 Å². The number of benzene rings is 2. The fraction of sp³-hybridized carbons (Fsp3) is 0.360. The quantitative estimate of drug-likeness (QED) is 0.451. The highest BCUT2D eigenvalue weighted by Gasteiger charge is 2.45. The summed E-state index contributed by atoms with van der Waals surface area (Å²) in [6, 6.07) is 12.6. The van der Waals surface area contributed by atoms with E-state index < -0.39 is 17.7 Å². The van der Waals surface area contributed by atoms with Crippen molar-refractivity contribution >= 4 is 17.4 Å². The normalized spacial score (nSPS) is 22.3. The molecule has 0 bridgehead atoms. The number of rotatable bonds is 5. The summed E-state index contributed by atoms with van der Waals surface area (Å²) in [6.07, 6.45) is 2.54. The van der Waals surface area contributed by atoms with E-state index in [1.165, 1.54) is 0 Å². The van der Waals surface area contributed by atoms with Crippen molar-refractivity contribution in [2.24, 2.45) is 0 Å². The number of ketones is 1. The van der Waals surface area contributed by atoms with Crippen LogP contribution in [0.5, 0.6) is 5.75 Å². The van der Waals surface area contributed by atoms with E-state index in [1.807, 2.05) is 57.2 Å². The first-order valence-electron chi connectivity index (χ1n) is 10.6. The van der Waals surface area contributed by atoms with Gasteiger partial charge in [0.15, 0.2) is 0 Å². The highest BCUT2D eigenvalue weighted by atomic mass is 16.5. The Morgan fingerprint density at radius 1 is 1.20 bits per heavy atom.